The summed E-state index contributed by atoms with van der Waals surface area (Å²) in [6, 6.07) is 8.38. The first-order valence-electron chi connectivity index (χ1n) is 5.64. The van der Waals surface area contributed by atoms with Gasteiger partial charge in [0.05, 0.1) is 0 Å². The van der Waals surface area contributed by atoms with Gasteiger partial charge in [-0.1, -0.05) is 12.1 Å². The lowest BCUT2D eigenvalue weighted by molar-refractivity contribution is -0.114. The fourth-order valence-corrected chi connectivity index (χ4v) is 2.27. The molecule has 80 valence electrons. The summed E-state index contributed by atoms with van der Waals surface area (Å²) < 4.78 is 0. The maximum Gasteiger partial charge on any atom is 0.155 e. The van der Waals surface area contributed by atoms with Crippen LogP contribution < -0.4 is 0 Å². The highest BCUT2D eigenvalue weighted by atomic mass is 16.1. The zero-order chi connectivity index (χ0) is 11.0. The van der Waals surface area contributed by atoms with Crippen molar-refractivity contribution in [1.29, 1.82) is 0 Å². The third kappa shape index (κ3) is 1.56. The zero-order valence-corrected chi connectivity index (χ0v) is 8.99. The van der Waals surface area contributed by atoms with Crippen molar-refractivity contribution in [3.63, 3.8) is 0 Å². The highest BCUT2D eigenvalue weighted by molar-refractivity contribution is 5.99. The average Bonchev–Trinajstić information content (AvgIpc) is 2.75. The van der Waals surface area contributed by atoms with E-state index in [0.29, 0.717) is 6.42 Å². The predicted molar refractivity (Wildman–Crippen MR) is 65.1 cm³/mol. The Bertz CT molecular complexity index is 577. The van der Waals surface area contributed by atoms with Crippen molar-refractivity contribution < 1.29 is 4.79 Å². The summed E-state index contributed by atoms with van der Waals surface area (Å²) in [6.45, 7) is 0. The standard InChI is InChI=1S/C14H13NO/c16-13-3-1-2-11(8-13)12-5-4-10-6-7-15-14(10)9-12/h4-9,15H,1-3H2. The van der Waals surface area contributed by atoms with E-state index >= 15 is 0 Å². The van der Waals surface area contributed by atoms with Crippen molar-refractivity contribution in [3.05, 3.63) is 42.1 Å². The lowest BCUT2D eigenvalue weighted by Gasteiger charge is -2.12. The van der Waals surface area contributed by atoms with Gasteiger partial charge in [-0.15, -0.1) is 0 Å². The van der Waals surface area contributed by atoms with Crippen molar-refractivity contribution in [2.75, 3.05) is 0 Å². The van der Waals surface area contributed by atoms with E-state index < -0.39 is 0 Å². The van der Waals surface area contributed by atoms with Crippen molar-refractivity contribution >= 4 is 22.3 Å². The number of hydrogen-bond acceptors (Lipinski definition) is 1. The van der Waals surface area contributed by atoms with Crippen molar-refractivity contribution in [3.8, 4) is 0 Å². The van der Waals surface area contributed by atoms with E-state index in [2.05, 4.69) is 29.2 Å². The molecule has 2 nitrogen and oxygen atoms in total. The lowest BCUT2D eigenvalue weighted by atomic mass is 9.93. The van der Waals surface area contributed by atoms with E-state index in [0.717, 1.165) is 18.4 Å². The van der Waals surface area contributed by atoms with Crippen LogP contribution in [0.2, 0.25) is 0 Å². The number of aromatic amines is 1. The summed E-state index contributed by atoms with van der Waals surface area (Å²) in [4.78, 5) is 14.6. The number of aromatic nitrogens is 1. The number of hydrogen-bond donors (Lipinski definition) is 1. The van der Waals surface area contributed by atoms with Gasteiger partial charge in [-0.05, 0) is 47.6 Å². The highest BCUT2D eigenvalue weighted by Gasteiger charge is 2.11. The van der Waals surface area contributed by atoms with Crippen LogP contribution >= 0.6 is 0 Å². The Morgan fingerprint density at radius 3 is 2.94 bits per heavy atom. The van der Waals surface area contributed by atoms with Crippen LogP contribution in [0, 0.1) is 0 Å². The number of H-pyrrole nitrogens is 1. The topological polar surface area (TPSA) is 32.9 Å². The summed E-state index contributed by atoms with van der Waals surface area (Å²) in [5.74, 6) is 0.257. The van der Waals surface area contributed by atoms with E-state index in [-0.39, 0.29) is 5.78 Å². The third-order valence-electron chi connectivity index (χ3n) is 3.13. The van der Waals surface area contributed by atoms with Gasteiger partial charge >= 0.3 is 0 Å². The van der Waals surface area contributed by atoms with E-state index in [4.69, 9.17) is 0 Å². The molecule has 0 fully saturated rings. The van der Waals surface area contributed by atoms with Crippen LogP contribution in [0.1, 0.15) is 24.8 Å². The average molecular weight is 211 g/mol. The molecule has 1 aliphatic rings. The molecule has 0 bridgehead atoms. The molecule has 1 aliphatic carbocycles. The molecule has 16 heavy (non-hydrogen) atoms. The van der Waals surface area contributed by atoms with Crippen LogP contribution in [0.25, 0.3) is 16.5 Å². The van der Waals surface area contributed by atoms with Crippen LogP contribution in [-0.2, 0) is 4.79 Å². The number of ketones is 1. The Morgan fingerprint density at radius 2 is 2.06 bits per heavy atom. The predicted octanol–water partition coefficient (Wildman–Crippen LogP) is 3.30. The molecule has 0 saturated heterocycles. The highest BCUT2D eigenvalue weighted by Crippen LogP contribution is 2.27. The second-order valence-corrected chi connectivity index (χ2v) is 4.27. The Balaban J connectivity index is 2.08. The largest absolute Gasteiger partial charge is 0.361 e. The monoisotopic (exact) mass is 211 g/mol. The van der Waals surface area contributed by atoms with E-state index in [9.17, 15) is 4.79 Å². The van der Waals surface area contributed by atoms with E-state index in [1.165, 1.54) is 16.5 Å². The van der Waals surface area contributed by atoms with Crippen LogP contribution in [0.15, 0.2) is 36.5 Å². The first-order chi connectivity index (χ1) is 7.83. The maximum atomic E-state index is 11.4. The van der Waals surface area contributed by atoms with E-state index in [1.807, 2.05) is 6.20 Å². The second kappa shape index (κ2) is 3.63. The molecule has 0 aliphatic heterocycles. The first kappa shape index (κ1) is 9.40. The number of allylic oxidation sites excluding steroid dienone is 2. The molecule has 0 radical (unpaired) electrons. The number of fused-ring (bicyclic) bond motifs is 1. The van der Waals surface area contributed by atoms with Gasteiger partial charge in [0.25, 0.3) is 0 Å². The molecule has 0 amide bonds. The van der Waals surface area contributed by atoms with Gasteiger partial charge < -0.3 is 4.98 Å². The summed E-state index contributed by atoms with van der Waals surface area (Å²) in [5, 5.41) is 1.21. The van der Waals surface area contributed by atoms with Crippen LogP contribution in [0.5, 0.6) is 0 Å². The molecule has 0 spiro atoms. The molecule has 3 rings (SSSR count). The smallest absolute Gasteiger partial charge is 0.155 e. The lowest BCUT2D eigenvalue weighted by Crippen LogP contribution is -2.01. The summed E-state index contributed by atoms with van der Waals surface area (Å²) in [5.41, 5.74) is 3.48. The van der Waals surface area contributed by atoms with Crippen molar-refractivity contribution in [2.24, 2.45) is 0 Å². The van der Waals surface area contributed by atoms with Gasteiger partial charge in [-0.2, -0.15) is 0 Å². The van der Waals surface area contributed by atoms with E-state index in [1.54, 1.807) is 6.08 Å². The fourth-order valence-electron chi connectivity index (χ4n) is 2.27. The molecule has 1 aromatic heterocycles. The summed E-state index contributed by atoms with van der Waals surface area (Å²) >= 11 is 0. The Morgan fingerprint density at radius 1 is 1.12 bits per heavy atom. The first-order valence-corrected chi connectivity index (χ1v) is 5.64. The van der Waals surface area contributed by atoms with Crippen molar-refractivity contribution in [2.45, 2.75) is 19.3 Å². The number of rotatable bonds is 1. The second-order valence-electron chi connectivity index (χ2n) is 4.27. The van der Waals surface area contributed by atoms with Gasteiger partial charge in [0, 0.05) is 18.1 Å². The molecular weight excluding hydrogens is 198 g/mol. The summed E-state index contributed by atoms with van der Waals surface area (Å²) in [6.07, 6.45) is 6.43. The van der Waals surface area contributed by atoms with Gasteiger partial charge in [0.1, 0.15) is 0 Å². The molecule has 1 N–H and O–H groups in total. The van der Waals surface area contributed by atoms with Crippen molar-refractivity contribution in [1.82, 2.24) is 4.98 Å². The van der Waals surface area contributed by atoms with Gasteiger partial charge in [-0.3, -0.25) is 4.79 Å². The number of nitrogens with one attached hydrogen (secondary N) is 1. The minimum absolute atomic E-state index is 0.257. The third-order valence-corrected chi connectivity index (χ3v) is 3.13. The summed E-state index contributed by atoms with van der Waals surface area (Å²) in [7, 11) is 0. The Kier molecular flexibility index (Phi) is 2.13. The fraction of sp³-hybridized carbons (Fsp3) is 0.214. The molecule has 0 atom stereocenters. The number of carbonyl (C=O) groups excluding carboxylic acids is 1. The molecule has 1 heterocycles. The quantitative estimate of drug-likeness (QED) is 0.771. The van der Waals surface area contributed by atoms with Crippen LogP contribution in [0.3, 0.4) is 0 Å². The van der Waals surface area contributed by atoms with Crippen LogP contribution in [-0.4, -0.2) is 10.8 Å². The van der Waals surface area contributed by atoms with Gasteiger partial charge in [-0.25, -0.2) is 0 Å². The molecule has 1 aromatic carbocycles. The Labute approximate surface area is 94.0 Å². The molecule has 2 heteroatoms. The Hall–Kier alpha value is -1.83. The number of carbonyl (C=O) groups is 1. The molecular formula is C14H13NO. The zero-order valence-electron chi connectivity index (χ0n) is 8.99. The minimum atomic E-state index is 0.257. The molecule has 2 aromatic rings. The minimum Gasteiger partial charge on any atom is -0.361 e. The SMILES string of the molecule is O=C1C=C(c2ccc3cc[nH]c3c2)CCC1. The van der Waals surface area contributed by atoms with Gasteiger partial charge in [0.2, 0.25) is 0 Å². The van der Waals surface area contributed by atoms with Crippen LogP contribution in [0.4, 0.5) is 0 Å². The maximum absolute atomic E-state index is 11.4. The molecule has 0 unspecified atom stereocenters. The molecule has 0 saturated carbocycles. The van der Waals surface area contributed by atoms with Gasteiger partial charge in [0.15, 0.2) is 5.78 Å². The number of benzene rings is 1. The normalized spacial score (nSPS) is 16.5.